The van der Waals surface area contributed by atoms with Gasteiger partial charge in [-0.05, 0) is 25.2 Å². The molecule has 0 aromatic rings. The Labute approximate surface area is 89.2 Å². The Morgan fingerprint density at radius 2 is 1.93 bits per heavy atom. The van der Waals surface area contributed by atoms with Crippen molar-refractivity contribution in [2.24, 2.45) is 11.7 Å². The first-order chi connectivity index (χ1) is 6.89. The second-order valence-electron chi connectivity index (χ2n) is 4.74. The first kappa shape index (κ1) is 12.8. The van der Waals surface area contributed by atoms with Gasteiger partial charge in [-0.15, -0.1) is 0 Å². The SMILES string of the molecule is CCCC1CCCC(N)(C(F)(F)F)CC1. The van der Waals surface area contributed by atoms with Gasteiger partial charge in [-0.1, -0.05) is 32.6 Å². The standard InChI is InChI=1S/C11H20F3N/c1-2-4-9-5-3-7-10(15,8-6-9)11(12,13)14/h9H,2-8,15H2,1H3. The summed E-state index contributed by atoms with van der Waals surface area (Å²) >= 11 is 0. The van der Waals surface area contributed by atoms with E-state index in [0.717, 1.165) is 19.3 Å². The molecular weight excluding hydrogens is 203 g/mol. The number of hydrogen-bond donors (Lipinski definition) is 1. The number of alkyl halides is 3. The molecule has 0 saturated heterocycles. The summed E-state index contributed by atoms with van der Waals surface area (Å²) in [5.41, 5.74) is 3.55. The summed E-state index contributed by atoms with van der Waals surface area (Å²) < 4.78 is 38.1. The van der Waals surface area contributed by atoms with Crippen molar-refractivity contribution in [1.29, 1.82) is 0 Å². The van der Waals surface area contributed by atoms with Crippen LogP contribution in [0.3, 0.4) is 0 Å². The third-order valence-corrected chi connectivity index (χ3v) is 3.50. The van der Waals surface area contributed by atoms with Crippen LogP contribution in [-0.2, 0) is 0 Å². The van der Waals surface area contributed by atoms with Crippen LogP contribution < -0.4 is 5.73 Å². The van der Waals surface area contributed by atoms with Gasteiger partial charge in [0.05, 0.1) is 0 Å². The average molecular weight is 223 g/mol. The molecule has 0 spiro atoms. The first-order valence-electron chi connectivity index (χ1n) is 5.74. The lowest BCUT2D eigenvalue weighted by Crippen LogP contribution is -2.52. The van der Waals surface area contributed by atoms with E-state index in [1.807, 2.05) is 0 Å². The summed E-state index contributed by atoms with van der Waals surface area (Å²) in [5.74, 6) is 0.447. The van der Waals surface area contributed by atoms with Crippen LogP contribution >= 0.6 is 0 Å². The number of nitrogens with two attached hydrogens (primary N) is 1. The van der Waals surface area contributed by atoms with Crippen molar-refractivity contribution in [2.75, 3.05) is 0 Å². The highest BCUT2D eigenvalue weighted by Crippen LogP contribution is 2.40. The van der Waals surface area contributed by atoms with Crippen molar-refractivity contribution in [2.45, 2.75) is 63.6 Å². The second-order valence-corrected chi connectivity index (χ2v) is 4.74. The summed E-state index contributed by atoms with van der Waals surface area (Å²) in [6.45, 7) is 2.07. The van der Waals surface area contributed by atoms with Crippen molar-refractivity contribution < 1.29 is 13.2 Å². The molecular formula is C11H20F3N. The van der Waals surface area contributed by atoms with Crippen LogP contribution in [0.1, 0.15) is 51.9 Å². The van der Waals surface area contributed by atoms with Crippen molar-refractivity contribution in [3.63, 3.8) is 0 Å². The predicted octanol–water partition coefficient (Wildman–Crippen LogP) is 3.63. The Morgan fingerprint density at radius 3 is 2.47 bits per heavy atom. The van der Waals surface area contributed by atoms with Gasteiger partial charge in [0, 0.05) is 0 Å². The van der Waals surface area contributed by atoms with Crippen LogP contribution in [0.4, 0.5) is 13.2 Å². The van der Waals surface area contributed by atoms with Gasteiger partial charge >= 0.3 is 6.18 Å². The van der Waals surface area contributed by atoms with E-state index in [1.165, 1.54) is 0 Å². The zero-order valence-electron chi connectivity index (χ0n) is 9.24. The molecule has 1 aliphatic carbocycles. The van der Waals surface area contributed by atoms with Crippen LogP contribution in [-0.4, -0.2) is 11.7 Å². The van der Waals surface area contributed by atoms with Crippen LogP contribution in [0.5, 0.6) is 0 Å². The van der Waals surface area contributed by atoms with Gasteiger partial charge < -0.3 is 5.73 Å². The van der Waals surface area contributed by atoms with Gasteiger partial charge in [-0.25, -0.2) is 0 Å². The second kappa shape index (κ2) is 4.73. The van der Waals surface area contributed by atoms with Crippen LogP contribution in [0, 0.1) is 5.92 Å². The molecule has 2 unspecified atom stereocenters. The smallest absolute Gasteiger partial charge is 0.318 e. The van der Waals surface area contributed by atoms with E-state index in [-0.39, 0.29) is 12.8 Å². The van der Waals surface area contributed by atoms with Crippen LogP contribution in [0.2, 0.25) is 0 Å². The zero-order valence-corrected chi connectivity index (χ0v) is 9.24. The molecule has 1 aliphatic rings. The molecule has 0 aliphatic heterocycles. The molecule has 4 heteroatoms. The summed E-state index contributed by atoms with van der Waals surface area (Å²) in [7, 11) is 0. The van der Waals surface area contributed by atoms with E-state index in [2.05, 4.69) is 6.92 Å². The molecule has 2 N–H and O–H groups in total. The number of halogens is 3. The van der Waals surface area contributed by atoms with E-state index >= 15 is 0 Å². The Morgan fingerprint density at radius 1 is 1.27 bits per heavy atom. The maximum absolute atomic E-state index is 12.7. The van der Waals surface area contributed by atoms with Gasteiger partial charge in [-0.3, -0.25) is 0 Å². The third-order valence-electron chi connectivity index (χ3n) is 3.50. The molecule has 1 fully saturated rings. The van der Waals surface area contributed by atoms with E-state index in [4.69, 9.17) is 5.73 Å². The molecule has 0 bridgehead atoms. The minimum absolute atomic E-state index is 0.0940. The van der Waals surface area contributed by atoms with Crippen LogP contribution in [0.25, 0.3) is 0 Å². The van der Waals surface area contributed by atoms with E-state index in [9.17, 15) is 13.2 Å². The monoisotopic (exact) mass is 223 g/mol. The maximum Gasteiger partial charge on any atom is 0.406 e. The Hall–Kier alpha value is -0.250. The van der Waals surface area contributed by atoms with E-state index in [1.54, 1.807) is 0 Å². The topological polar surface area (TPSA) is 26.0 Å². The van der Waals surface area contributed by atoms with Crippen molar-refractivity contribution in [3.05, 3.63) is 0 Å². The molecule has 1 nitrogen and oxygen atoms in total. The fraction of sp³-hybridized carbons (Fsp3) is 1.00. The highest BCUT2D eigenvalue weighted by Gasteiger charge is 2.51. The minimum Gasteiger partial charge on any atom is -0.318 e. The Balaban J connectivity index is 2.59. The minimum atomic E-state index is -4.24. The number of hydrogen-bond acceptors (Lipinski definition) is 1. The lowest BCUT2D eigenvalue weighted by Gasteiger charge is -2.30. The van der Waals surface area contributed by atoms with Gasteiger partial charge in [0.15, 0.2) is 0 Å². The van der Waals surface area contributed by atoms with Gasteiger partial charge in [0.25, 0.3) is 0 Å². The highest BCUT2D eigenvalue weighted by atomic mass is 19.4. The molecule has 90 valence electrons. The molecule has 1 rings (SSSR count). The average Bonchev–Trinajstić information content (AvgIpc) is 2.29. The molecule has 0 radical (unpaired) electrons. The van der Waals surface area contributed by atoms with Crippen molar-refractivity contribution in [1.82, 2.24) is 0 Å². The summed E-state index contributed by atoms with van der Waals surface area (Å²) in [4.78, 5) is 0. The largest absolute Gasteiger partial charge is 0.406 e. The zero-order chi connectivity index (χ0) is 11.5. The van der Waals surface area contributed by atoms with E-state index < -0.39 is 11.7 Å². The van der Waals surface area contributed by atoms with Gasteiger partial charge in [0.2, 0.25) is 0 Å². The van der Waals surface area contributed by atoms with Gasteiger partial charge in [-0.2, -0.15) is 13.2 Å². The van der Waals surface area contributed by atoms with Crippen molar-refractivity contribution in [3.8, 4) is 0 Å². The quantitative estimate of drug-likeness (QED) is 0.711. The third kappa shape index (κ3) is 3.10. The first-order valence-corrected chi connectivity index (χ1v) is 5.74. The molecule has 0 amide bonds. The van der Waals surface area contributed by atoms with Crippen LogP contribution in [0.15, 0.2) is 0 Å². The molecule has 2 atom stereocenters. The fourth-order valence-electron chi connectivity index (χ4n) is 2.42. The van der Waals surface area contributed by atoms with Gasteiger partial charge in [0.1, 0.15) is 5.54 Å². The molecule has 0 heterocycles. The summed E-state index contributed by atoms with van der Waals surface area (Å²) in [6.07, 6.45) is 0.182. The highest BCUT2D eigenvalue weighted by molar-refractivity contribution is 4.94. The number of rotatable bonds is 2. The summed E-state index contributed by atoms with van der Waals surface area (Å²) in [6, 6.07) is 0. The molecule has 0 aromatic heterocycles. The maximum atomic E-state index is 12.7. The summed E-state index contributed by atoms with van der Waals surface area (Å²) in [5, 5.41) is 0. The van der Waals surface area contributed by atoms with Crippen molar-refractivity contribution >= 4 is 0 Å². The van der Waals surface area contributed by atoms with E-state index in [0.29, 0.717) is 18.8 Å². The predicted molar refractivity (Wildman–Crippen MR) is 54.5 cm³/mol. The molecule has 15 heavy (non-hydrogen) atoms. The lowest BCUT2D eigenvalue weighted by atomic mass is 9.89. The Kier molecular flexibility index (Phi) is 4.04. The normalized spacial score (nSPS) is 33.8. The lowest BCUT2D eigenvalue weighted by molar-refractivity contribution is -0.189. The molecule has 0 aromatic carbocycles. The molecule has 1 saturated carbocycles. The Bertz CT molecular complexity index is 202. The fourth-order valence-corrected chi connectivity index (χ4v) is 2.42.